The van der Waals surface area contributed by atoms with Gasteiger partial charge in [0.15, 0.2) is 0 Å². The first-order valence-electron chi connectivity index (χ1n) is 8.32. The van der Waals surface area contributed by atoms with Crippen molar-refractivity contribution >= 4 is 5.91 Å². The molecule has 0 aromatic heterocycles. The van der Waals surface area contributed by atoms with Gasteiger partial charge >= 0.3 is 0 Å². The van der Waals surface area contributed by atoms with E-state index in [0.29, 0.717) is 19.1 Å². The van der Waals surface area contributed by atoms with E-state index in [1.807, 2.05) is 20.8 Å². The second-order valence-electron chi connectivity index (χ2n) is 7.35. The number of carbonyl (C=O) groups excluding carboxylic acids is 1. The lowest BCUT2D eigenvalue weighted by Crippen LogP contribution is -2.55. The van der Waals surface area contributed by atoms with Gasteiger partial charge < -0.3 is 10.1 Å². The maximum absolute atomic E-state index is 13.3. The Morgan fingerprint density at radius 2 is 2.00 bits per heavy atom. The van der Waals surface area contributed by atoms with E-state index >= 15 is 0 Å². The van der Waals surface area contributed by atoms with E-state index in [1.54, 1.807) is 12.1 Å². The van der Waals surface area contributed by atoms with Crippen molar-refractivity contribution in [2.24, 2.45) is 0 Å². The van der Waals surface area contributed by atoms with Gasteiger partial charge in [-0.15, -0.1) is 0 Å². The third-order valence-electron chi connectivity index (χ3n) is 4.32. The first kappa shape index (κ1) is 16.4. The van der Waals surface area contributed by atoms with Gasteiger partial charge in [-0.3, -0.25) is 9.69 Å². The van der Waals surface area contributed by atoms with Crippen LogP contribution in [0.5, 0.6) is 0 Å². The smallest absolute Gasteiger partial charge is 0.242 e. The Balaban J connectivity index is 1.87. The summed E-state index contributed by atoms with van der Waals surface area (Å²) in [4.78, 5) is 15.0. The average Bonchev–Trinajstić information content (AvgIpc) is 3.23. The predicted molar refractivity (Wildman–Crippen MR) is 86.5 cm³/mol. The SMILES string of the molecule is C[C@H]1CN([C@H](C(=O)NC2CC2)c2ccc(F)cc2)CC(C)(C)O1. The molecular weight excluding hydrogens is 295 g/mol. The highest BCUT2D eigenvalue weighted by Crippen LogP contribution is 2.30. The van der Waals surface area contributed by atoms with Crippen molar-refractivity contribution < 1.29 is 13.9 Å². The Bertz CT molecular complexity index is 569. The number of nitrogens with zero attached hydrogens (tertiary/aromatic N) is 1. The number of halogens is 1. The third kappa shape index (κ3) is 4.09. The molecule has 0 bridgehead atoms. The van der Waals surface area contributed by atoms with Crippen LogP contribution in [0.25, 0.3) is 0 Å². The number of amides is 1. The Labute approximate surface area is 137 Å². The van der Waals surface area contributed by atoms with Crippen LogP contribution >= 0.6 is 0 Å². The molecule has 2 atom stereocenters. The highest BCUT2D eigenvalue weighted by molar-refractivity contribution is 5.83. The number of carbonyl (C=O) groups is 1. The second kappa shape index (κ2) is 6.21. The van der Waals surface area contributed by atoms with E-state index < -0.39 is 6.04 Å². The molecule has 2 fully saturated rings. The van der Waals surface area contributed by atoms with Gasteiger partial charge in [-0.05, 0) is 51.3 Å². The maximum atomic E-state index is 13.3. The summed E-state index contributed by atoms with van der Waals surface area (Å²) in [5.74, 6) is -0.283. The average molecular weight is 320 g/mol. The molecule has 3 rings (SSSR count). The standard InChI is InChI=1S/C18H25FN2O2/c1-12-10-21(11-18(2,3)23-12)16(17(22)20-15-8-9-15)13-4-6-14(19)7-5-13/h4-7,12,15-16H,8-11H2,1-3H3,(H,20,22)/t12-,16-/m0/s1. The Hall–Kier alpha value is -1.46. The number of nitrogens with one attached hydrogen (secondary N) is 1. The molecule has 1 aliphatic heterocycles. The molecule has 1 saturated carbocycles. The molecule has 0 spiro atoms. The second-order valence-corrected chi connectivity index (χ2v) is 7.35. The molecule has 23 heavy (non-hydrogen) atoms. The summed E-state index contributed by atoms with van der Waals surface area (Å²) in [5.41, 5.74) is 0.518. The van der Waals surface area contributed by atoms with Crippen LogP contribution in [0.4, 0.5) is 4.39 Å². The molecule has 1 aromatic rings. The molecule has 0 radical (unpaired) electrons. The Kier molecular flexibility index (Phi) is 4.43. The Morgan fingerprint density at radius 3 is 2.57 bits per heavy atom. The number of benzene rings is 1. The van der Waals surface area contributed by atoms with E-state index in [2.05, 4.69) is 10.2 Å². The summed E-state index contributed by atoms with van der Waals surface area (Å²) >= 11 is 0. The van der Waals surface area contributed by atoms with Gasteiger partial charge in [-0.25, -0.2) is 4.39 Å². The number of rotatable bonds is 4. The molecule has 126 valence electrons. The number of hydrogen-bond donors (Lipinski definition) is 1. The summed E-state index contributed by atoms with van der Waals surface area (Å²) < 4.78 is 19.2. The minimum Gasteiger partial charge on any atom is -0.370 e. The van der Waals surface area contributed by atoms with E-state index in [-0.39, 0.29) is 23.4 Å². The molecule has 1 saturated heterocycles. The predicted octanol–water partition coefficient (Wildman–Crippen LogP) is 2.64. The molecule has 1 heterocycles. The van der Waals surface area contributed by atoms with Gasteiger partial charge in [0, 0.05) is 19.1 Å². The van der Waals surface area contributed by atoms with Crippen LogP contribution in [0.1, 0.15) is 45.2 Å². The third-order valence-corrected chi connectivity index (χ3v) is 4.32. The largest absolute Gasteiger partial charge is 0.370 e. The van der Waals surface area contributed by atoms with Crippen LogP contribution in [0, 0.1) is 5.82 Å². The van der Waals surface area contributed by atoms with Crippen molar-refractivity contribution in [1.29, 1.82) is 0 Å². The quantitative estimate of drug-likeness (QED) is 0.927. The summed E-state index contributed by atoms with van der Waals surface area (Å²) in [5, 5.41) is 3.09. The lowest BCUT2D eigenvalue weighted by Gasteiger charge is -2.44. The van der Waals surface area contributed by atoms with E-state index in [9.17, 15) is 9.18 Å². The van der Waals surface area contributed by atoms with Crippen LogP contribution in [-0.2, 0) is 9.53 Å². The minimum atomic E-state index is -0.401. The fraction of sp³-hybridized carbons (Fsp3) is 0.611. The van der Waals surface area contributed by atoms with Crippen LogP contribution in [0.15, 0.2) is 24.3 Å². The molecule has 0 unspecified atom stereocenters. The van der Waals surface area contributed by atoms with E-state index in [1.165, 1.54) is 12.1 Å². The van der Waals surface area contributed by atoms with Gasteiger partial charge in [0.25, 0.3) is 0 Å². The number of hydrogen-bond acceptors (Lipinski definition) is 3. The fourth-order valence-electron chi connectivity index (χ4n) is 3.38. The van der Waals surface area contributed by atoms with Crippen LogP contribution in [0.2, 0.25) is 0 Å². The van der Waals surface area contributed by atoms with Crippen LogP contribution < -0.4 is 5.32 Å². The lowest BCUT2D eigenvalue weighted by atomic mass is 9.98. The zero-order valence-corrected chi connectivity index (χ0v) is 14.0. The molecular formula is C18H25FN2O2. The zero-order chi connectivity index (χ0) is 16.6. The molecule has 1 aliphatic carbocycles. The molecule has 1 amide bonds. The van der Waals surface area contributed by atoms with Crippen molar-refractivity contribution in [2.75, 3.05) is 13.1 Å². The maximum Gasteiger partial charge on any atom is 0.242 e. The molecule has 4 nitrogen and oxygen atoms in total. The molecule has 2 aliphatic rings. The monoisotopic (exact) mass is 320 g/mol. The number of morpholine rings is 1. The number of ether oxygens (including phenoxy) is 1. The van der Waals surface area contributed by atoms with E-state index in [4.69, 9.17) is 4.74 Å². The normalized spacial score (nSPS) is 25.8. The highest BCUT2D eigenvalue weighted by Gasteiger charge is 2.39. The van der Waals surface area contributed by atoms with Crippen molar-refractivity contribution in [3.05, 3.63) is 35.6 Å². The van der Waals surface area contributed by atoms with Gasteiger partial charge in [0.1, 0.15) is 11.9 Å². The van der Waals surface area contributed by atoms with Crippen molar-refractivity contribution in [3.8, 4) is 0 Å². The summed E-state index contributed by atoms with van der Waals surface area (Å²) in [6, 6.07) is 6.15. The first-order chi connectivity index (χ1) is 10.8. The molecule has 5 heteroatoms. The highest BCUT2D eigenvalue weighted by atomic mass is 19.1. The van der Waals surface area contributed by atoms with Crippen molar-refractivity contribution in [2.45, 2.75) is 57.4 Å². The lowest BCUT2D eigenvalue weighted by molar-refractivity contribution is -0.150. The summed E-state index contributed by atoms with van der Waals surface area (Å²) in [7, 11) is 0. The minimum absolute atomic E-state index is 0.00371. The van der Waals surface area contributed by atoms with E-state index in [0.717, 1.165) is 18.4 Å². The van der Waals surface area contributed by atoms with Crippen molar-refractivity contribution in [1.82, 2.24) is 10.2 Å². The summed E-state index contributed by atoms with van der Waals surface area (Å²) in [6.45, 7) is 7.45. The van der Waals surface area contributed by atoms with Crippen LogP contribution in [-0.4, -0.2) is 41.6 Å². The van der Waals surface area contributed by atoms with Gasteiger partial charge in [0.05, 0.1) is 11.7 Å². The zero-order valence-electron chi connectivity index (χ0n) is 14.0. The summed E-state index contributed by atoms with van der Waals surface area (Å²) in [6.07, 6.45) is 2.15. The Morgan fingerprint density at radius 1 is 1.35 bits per heavy atom. The van der Waals surface area contributed by atoms with Gasteiger partial charge in [0.2, 0.25) is 5.91 Å². The van der Waals surface area contributed by atoms with Crippen LogP contribution in [0.3, 0.4) is 0 Å². The fourth-order valence-corrected chi connectivity index (χ4v) is 3.38. The topological polar surface area (TPSA) is 41.6 Å². The van der Waals surface area contributed by atoms with Crippen molar-refractivity contribution in [3.63, 3.8) is 0 Å². The van der Waals surface area contributed by atoms with Gasteiger partial charge in [-0.2, -0.15) is 0 Å². The molecule has 1 aromatic carbocycles. The van der Waals surface area contributed by atoms with Gasteiger partial charge in [-0.1, -0.05) is 12.1 Å². The first-order valence-corrected chi connectivity index (χ1v) is 8.32. The molecule has 1 N–H and O–H groups in total.